The number of nitrogens with two attached hydrogens (primary N) is 1. The van der Waals surface area contributed by atoms with Crippen molar-refractivity contribution in [1.29, 1.82) is 0 Å². The second-order valence-electron chi connectivity index (χ2n) is 5.60. The lowest BCUT2D eigenvalue weighted by Gasteiger charge is -2.29. The van der Waals surface area contributed by atoms with E-state index in [1.54, 1.807) is 14.2 Å². The number of aliphatic hydroxyl groups is 1. The SMILES string of the molecule is COCCN(CCCCC(C)(N)CO)C(C)COC. The first kappa shape index (κ1) is 18.8. The van der Waals surface area contributed by atoms with E-state index in [4.69, 9.17) is 20.3 Å². The molecule has 0 aromatic rings. The van der Waals surface area contributed by atoms with Gasteiger partial charge in [0.15, 0.2) is 0 Å². The second kappa shape index (κ2) is 10.6. The lowest BCUT2D eigenvalue weighted by molar-refractivity contribution is 0.0734. The second-order valence-corrected chi connectivity index (χ2v) is 5.60. The van der Waals surface area contributed by atoms with Crippen molar-refractivity contribution in [2.45, 2.75) is 44.7 Å². The molecule has 0 spiro atoms. The summed E-state index contributed by atoms with van der Waals surface area (Å²) in [4.78, 5) is 2.37. The van der Waals surface area contributed by atoms with Gasteiger partial charge >= 0.3 is 0 Å². The van der Waals surface area contributed by atoms with E-state index >= 15 is 0 Å². The van der Waals surface area contributed by atoms with E-state index in [0.29, 0.717) is 6.04 Å². The Hall–Kier alpha value is -0.200. The van der Waals surface area contributed by atoms with E-state index in [0.717, 1.165) is 45.6 Å². The van der Waals surface area contributed by atoms with Crippen molar-refractivity contribution in [3.8, 4) is 0 Å². The van der Waals surface area contributed by atoms with Crippen molar-refractivity contribution >= 4 is 0 Å². The summed E-state index contributed by atoms with van der Waals surface area (Å²) in [6.07, 6.45) is 2.95. The summed E-state index contributed by atoms with van der Waals surface area (Å²) in [5, 5.41) is 9.11. The molecule has 0 aliphatic heterocycles. The Morgan fingerprint density at radius 1 is 1.21 bits per heavy atom. The molecule has 0 rings (SSSR count). The van der Waals surface area contributed by atoms with Crippen LogP contribution in [0.15, 0.2) is 0 Å². The maximum Gasteiger partial charge on any atom is 0.0615 e. The van der Waals surface area contributed by atoms with Crippen molar-refractivity contribution in [1.82, 2.24) is 4.90 Å². The molecular weight excluding hydrogens is 244 g/mol. The molecule has 0 aromatic carbocycles. The van der Waals surface area contributed by atoms with E-state index in [9.17, 15) is 0 Å². The van der Waals surface area contributed by atoms with Gasteiger partial charge in [-0.25, -0.2) is 0 Å². The Kier molecular flexibility index (Phi) is 10.5. The van der Waals surface area contributed by atoms with Crippen LogP contribution in [-0.4, -0.2) is 68.7 Å². The van der Waals surface area contributed by atoms with E-state index in [1.807, 2.05) is 6.92 Å². The van der Waals surface area contributed by atoms with Crippen LogP contribution in [0.1, 0.15) is 33.1 Å². The molecule has 3 N–H and O–H groups in total. The molecule has 0 bridgehead atoms. The number of hydrogen-bond acceptors (Lipinski definition) is 5. The highest BCUT2D eigenvalue weighted by Gasteiger charge is 2.17. The van der Waals surface area contributed by atoms with Gasteiger partial charge in [-0.05, 0) is 33.2 Å². The molecule has 0 aromatic heterocycles. The van der Waals surface area contributed by atoms with Gasteiger partial charge in [-0.2, -0.15) is 0 Å². The number of nitrogens with zero attached hydrogens (tertiary/aromatic N) is 1. The zero-order valence-electron chi connectivity index (χ0n) is 13.0. The molecule has 0 amide bonds. The van der Waals surface area contributed by atoms with Crippen molar-refractivity contribution < 1.29 is 14.6 Å². The Bertz CT molecular complexity index is 213. The van der Waals surface area contributed by atoms with Gasteiger partial charge in [-0.1, -0.05) is 6.42 Å². The van der Waals surface area contributed by atoms with Crippen LogP contribution in [0.2, 0.25) is 0 Å². The molecule has 116 valence electrons. The van der Waals surface area contributed by atoms with E-state index in [-0.39, 0.29) is 6.61 Å². The number of hydrogen-bond donors (Lipinski definition) is 2. The highest BCUT2D eigenvalue weighted by atomic mass is 16.5. The molecule has 2 unspecified atom stereocenters. The number of methoxy groups -OCH3 is 2. The summed E-state index contributed by atoms with van der Waals surface area (Å²) in [5.74, 6) is 0. The standard InChI is InChI=1S/C14H32N2O3/c1-13(11-19-4)16(9-10-18-3)8-6-5-7-14(2,15)12-17/h13,17H,5-12,15H2,1-4H3. The highest BCUT2D eigenvalue weighted by molar-refractivity contribution is 4.77. The van der Waals surface area contributed by atoms with E-state index in [1.165, 1.54) is 0 Å². The molecular formula is C14H32N2O3. The third kappa shape index (κ3) is 9.35. The first-order chi connectivity index (χ1) is 8.96. The van der Waals surface area contributed by atoms with E-state index in [2.05, 4.69) is 11.8 Å². The molecule has 0 aliphatic carbocycles. The lowest BCUT2D eigenvalue weighted by atomic mass is 9.97. The van der Waals surface area contributed by atoms with Gasteiger partial charge in [0.2, 0.25) is 0 Å². The Morgan fingerprint density at radius 2 is 1.89 bits per heavy atom. The number of rotatable bonds is 12. The summed E-state index contributed by atoms with van der Waals surface area (Å²) in [6, 6.07) is 0.391. The fraction of sp³-hybridized carbons (Fsp3) is 1.00. The summed E-state index contributed by atoms with van der Waals surface area (Å²) in [6.45, 7) is 7.49. The Balaban J connectivity index is 3.97. The third-order valence-corrected chi connectivity index (χ3v) is 3.42. The molecule has 0 saturated heterocycles. The predicted molar refractivity (Wildman–Crippen MR) is 78.3 cm³/mol. The van der Waals surface area contributed by atoms with Gasteiger partial charge in [-0.3, -0.25) is 4.90 Å². The van der Waals surface area contributed by atoms with Crippen LogP contribution in [0.25, 0.3) is 0 Å². The fourth-order valence-electron chi connectivity index (χ4n) is 2.03. The van der Waals surface area contributed by atoms with Crippen LogP contribution >= 0.6 is 0 Å². The predicted octanol–water partition coefficient (Wildman–Crippen LogP) is 0.850. The molecule has 0 fully saturated rings. The van der Waals surface area contributed by atoms with Gasteiger partial charge in [0, 0.05) is 32.3 Å². The smallest absolute Gasteiger partial charge is 0.0615 e. The molecule has 5 heteroatoms. The third-order valence-electron chi connectivity index (χ3n) is 3.42. The average Bonchev–Trinajstić information content (AvgIpc) is 2.38. The van der Waals surface area contributed by atoms with Gasteiger partial charge in [0.25, 0.3) is 0 Å². The quantitative estimate of drug-likeness (QED) is 0.517. The first-order valence-electron chi connectivity index (χ1n) is 7.08. The number of aliphatic hydroxyl groups excluding tert-OH is 1. The molecule has 2 atom stereocenters. The van der Waals surface area contributed by atoms with Crippen molar-refractivity contribution in [3.63, 3.8) is 0 Å². The van der Waals surface area contributed by atoms with Crippen LogP contribution in [0.4, 0.5) is 0 Å². The molecule has 0 heterocycles. The molecule has 19 heavy (non-hydrogen) atoms. The maximum atomic E-state index is 9.11. The first-order valence-corrected chi connectivity index (χ1v) is 7.08. The minimum absolute atomic E-state index is 0.0421. The van der Waals surface area contributed by atoms with Crippen LogP contribution in [-0.2, 0) is 9.47 Å². The Labute approximate surface area is 118 Å². The van der Waals surface area contributed by atoms with Crippen molar-refractivity contribution in [2.75, 3.05) is 47.1 Å². The zero-order chi connectivity index (χ0) is 14.7. The number of unbranched alkanes of at least 4 members (excludes halogenated alkanes) is 1. The minimum atomic E-state index is -0.449. The average molecular weight is 276 g/mol. The van der Waals surface area contributed by atoms with Crippen LogP contribution in [0.5, 0.6) is 0 Å². The van der Waals surface area contributed by atoms with Crippen LogP contribution in [0, 0.1) is 0 Å². The largest absolute Gasteiger partial charge is 0.394 e. The normalized spacial score (nSPS) is 16.6. The zero-order valence-corrected chi connectivity index (χ0v) is 13.0. The van der Waals surface area contributed by atoms with E-state index < -0.39 is 5.54 Å². The highest BCUT2D eigenvalue weighted by Crippen LogP contribution is 2.11. The van der Waals surface area contributed by atoms with Crippen LogP contribution < -0.4 is 5.73 Å². The molecule has 0 radical (unpaired) electrons. The van der Waals surface area contributed by atoms with Crippen LogP contribution in [0.3, 0.4) is 0 Å². The number of ether oxygens (including phenoxy) is 2. The lowest BCUT2D eigenvalue weighted by Crippen LogP contribution is -2.41. The van der Waals surface area contributed by atoms with Gasteiger partial charge in [0.1, 0.15) is 0 Å². The fourth-order valence-corrected chi connectivity index (χ4v) is 2.03. The van der Waals surface area contributed by atoms with Crippen molar-refractivity contribution in [2.24, 2.45) is 5.73 Å². The molecule has 0 aliphatic rings. The molecule has 5 nitrogen and oxygen atoms in total. The van der Waals surface area contributed by atoms with Crippen molar-refractivity contribution in [3.05, 3.63) is 0 Å². The summed E-state index contributed by atoms with van der Waals surface area (Å²) in [7, 11) is 3.45. The monoisotopic (exact) mass is 276 g/mol. The topological polar surface area (TPSA) is 68.0 Å². The van der Waals surface area contributed by atoms with Gasteiger partial charge in [-0.15, -0.1) is 0 Å². The Morgan fingerprint density at radius 3 is 2.42 bits per heavy atom. The van der Waals surface area contributed by atoms with Gasteiger partial charge < -0.3 is 20.3 Å². The minimum Gasteiger partial charge on any atom is -0.394 e. The van der Waals surface area contributed by atoms with Gasteiger partial charge in [0.05, 0.1) is 19.8 Å². The maximum absolute atomic E-state index is 9.11. The molecule has 0 saturated carbocycles. The summed E-state index contributed by atoms with van der Waals surface area (Å²) in [5.41, 5.74) is 5.47. The summed E-state index contributed by atoms with van der Waals surface area (Å²) >= 11 is 0. The summed E-state index contributed by atoms with van der Waals surface area (Å²) < 4.78 is 10.4.